The molecule has 2 aliphatic heterocycles. The number of carbonyl (C=O) groups excluding carboxylic acids is 1. The fraction of sp³-hybridized carbons (Fsp3) is 0.333. The maximum Gasteiger partial charge on any atom is 0.222 e. The normalized spacial score (nSPS) is 27.2. The van der Waals surface area contributed by atoms with Crippen molar-refractivity contribution in [2.75, 3.05) is 25.1 Å². The number of amidine groups is 2. The molecule has 1 unspecified atom stereocenters. The molecule has 3 heterocycles. The Labute approximate surface area is 170 Å². The molecule has 29 heavy (non-hydrogen) atoms. The van der Waals surface area contributed by atoms with Crippen molar-refractivity contribution in [1.29, 1.82) is 0 Å². The number of nitrogens with one attached hydrogen (secondary N) is 2. The predicted octanol–water partition coefficient (Wildman–Crippen LogP) is 1.24. The van der Waals surface area contributed by atoms with Crippen molar-refractivity contribution < 1.29 is 8.98 Å². The van der Waals surface area contributed by atoms with Gasteiger partial charge >= 0.3 is 0 Å². The van der Waals surface area contributed by atoms with E-state index in [-0.39, 0.29) is 11.9 Å². The van der Waals surface area contributed by atoms with Crippen LogP contribution in [0.4, 0.5) is 5.82 Å². The maximum atomic E-state index is 11.8. The van der Waals surface area contributed by atoms with Gasteiger partial charge in [-0.1, -0.05) is 18.2 Å². The minimum Gasteiger partial charge on any atom is -0.352 e. The van der Waals surface area contributed by atoms with Crippen LogP contribution in [0.3, 0.4) is 0 Å². The quantitative estimate of drug-likeness (QED) is 0.773. The highest BCUT2D eigenvalue weighted by Gasteiger charge is 2.44. The summed E-state index contributed by atoms with van der Waals surface area (Å²) >= 11 is 0. The maximum absolute atomic E-state index is 11.8. The van der Waals surface area contributed by atoms with Crippen LogP contribution in [-0.4, -0.2) is 57.7 Å². The third-order valence-corrected chi connectivity index (χ3v) is 7.58. The number of benzene rings is 1. The number of carbonyl (C=O) groups is 1. The summed E-state index contributed by atoms with van der Waals surface area (Å²) in [4.78, 5) is 23.8. The number of hydrogen-bond acceptors (Lipinski definition) is 8. The van der Waals surface area contributed by atoms with Crippen LogP contribution in [-0.2, 0) is 8.98 Å². The van der Waals surface area contributed by atoms with Gasteiger partial charge < -0.3 is 14.4 Å². The number of aromatic nitrogens is 3. The van der Waals surface area contributed by atoms with E-state index in [0.29, 0.717) is 16.9 Å². The van der Waals surface area contributed by atoms with Crippen LogP contribution in [0.1, 0.15) is 13.3 Å². The average Bonchev–Trinajstić information content (AvgIpc) is 3.35. The van der Waals surface area contributed by atoms with Crippen LogP contribution in [0.25, 0.3) is 0 Å². The fourth-order valence-corrected chi connectivity index (χ4v) is 5.98. The van der Waals surface area contributed by atoms with E-state index < -0.39 is 10.3 Å². The highest BCUT2D eigenvalue weighted by molar-refractivity contribution is 8.52. The van der Waals surface area contributed by atoms with Gasteiger partial charge in [-0.2, -0.15) is 0 Å². The highest BCUT2D eigenvalue weighted by atomic mass is 32.3. The van der Waals surface area contributed by atoms with Crippen LogP contribution in [0.5, 0.6) is 0 Å². The first-order valence-electron chi connectivity index (χ1n) is 9.14. The summed E-state index contributed by atoms with van der Waals surface area (Å²) in [6.07, 6.45) is 3.96. The molecule has 0 spiro atoms. The summed E-state index contributed by atoms with van der Waals surface area (Å²) in [6, 6.07) is 9.75. The molecule has 4 rings (SSSR count). The van der Waals surface area contributed by atoms with Gasteiger partial charge in [0.25, 0.3) is 0 Å². The Morgan fingerprint density at radius 1 is 1.38 bits per heavy atom. The van der Waals surface area contributed by atoms with Crippen LogP contribution >= 0.6 is 10.3 Å². The molecule has 1 fully saturated rings. The van der Waals surface area contributed by atoms with Crippen LogP contribution in [0, 0.1) is 0 Å². The summed E-state index contributed by atoms with van der Waals surface area (Å²) in [5.41, 5.74) is 3.01. The molecule has 2 aliphatic rings. The second-order valence-corrected chi connectivity index (χ2v) is 9.23. The second kappa shape index (κ2) is 8.13. The van der Waals surface area contributed by atoms with Crippen molar-refractivity contribution in [3.05, 3.63) is 42.9 Å². The van der Waals surface area contributed by atoms with E-state index in [2.05, 4.69) is 35.9 Å². The number of anilines is 1. The minimum atomic E-state index is -2.23. The first-order chi connectivity index (χ1) is 14.1. The molecule has 2 aromatic rings. The predicted molar refractivity (Wildman–Crippen MR) is 112 cm³/mol. The van der Waals surface area contributed by atoms with Gasteiger partial charge in [0.05, 0.1) is 12.2 Å². The van der Waals surface area contributed by atoms with Crippen molar-refractivity contribution in [2.24, 2.45) is 10.1 Å². The minimum absolute atomic E-state index is 0.0251. The van der Waals surface area contributed by atoms with Gasteiger partial charge in [0, 0.05) is 42.3 Å². The van der Waals surface area contributed by atoms with Gasteiger partial charge in [-0.05, 0) is 18.6 Å². The van der Waals surface area contributed by atoms with Gasteiger partial charge in [-0.15, -0.1) is 15.3 Å². The molecule has 2 atom stereocenters. The number of nitrogens with zero attached hydrogens (tertiary/aromatic N) is 6. The van der Waals surface area contributed by atoms with Crippen molar-refractivity contribution in [1.82, 2.24) is 25.9 Å². The molecule has 11 heteroatoms. The van der Waals surface area contributed by atoms with Gasteiger partial charge in [0.1, 0.15) is 6.33 Å². The van der Waals surface area contributed by atoms with Gasteiger partial charge in [-0.3, -0.25) is 15.2 Å². The summed E-state index contributed by atoms with van der Waals surface area (Å²) in [6.45, 7) is 2.95. The van der Waals surface area contributed by atoms with Crippen LogP contribution in [0.15, 0.2) is 57.8 Å². The van der Waals surface area contributed by atoms with E-state index in [0.717, 1.165) is 23.7 Å². The zero-order valence-corrected chi connectivity index (χ0v) is 17.0. The molecule has 2 N–H and O–H groups in total. The molecule has 0 bridgehead atoms. The lowest BCUT2D eigenvalue weighted by atomic mass is 10.3. The van der Waals surface area contributed by atoms with Crippen molar-refractivity contribution in [2.45, 2.75) is 24.3 Å². The SMILES string of the molecule is COS1(c2ccccc2)C(=N[C@@H]2CCN(c3cncnn3)C2)NN=C1NC(C)=O. The lowest BCUT2D eigenvalue weighted by molar-refractivity contribution is -0.117. The summed E-state index contributed by atoms with van der Waals surface area (Å²) in [5.74, 6) is 0.525. The second-order valence-electron chi connectivity index (χ2n) is 6.54. The molecule has 0 saturated carbocycles. The lowest BCUT2D eigenvalue weighted by Gasteiger charge is -2.34. The topological polar surface area (TPSA) is 117 Å². The Morgan fingerprint density at radius 3 is 2.90 bits per heavy atom. The van der Waals surface area contributed by atoms with Crippen LogP contribution < -0.4 is 15.6 Å². The lowest BCUT2D eigenvalue weighted by Crippen LogP contribution is -2.34. The van der Waals surface area contributed by atoms with Crippen molar-refractivity contribution in [3.63, 3.8) is 0 Å². The molecule has 152 valence electrons. The first-order valence-corrected chi connectivity index (χ1v) is 10.7. The molecule has 1 aromatic carbocycles. The molecule has 0 aliphatic carbocycles. The Hall–Kier alpha value is -3.05. The van der Waals surface area contributed by atoms with E-state index in [1.165, 1.54) is 13.3 Å². The van der Waals surface area contributed by atoms with Gasteiger partial charge in [0.15, 0.2) is 11.0 Å². The highest BCUT2D eigenvalue weighted by Crippen LogP contribution is 2.59. The first kappa shape index (κ1) is 19.3. The number of aliphatic imine (C=N–C) groups is 1. The number of rotatable bonds is 4. The largest absolute Gasteiger partial charge is 0.352 e. The molecule has 1 aromatic heterocycles. The standard InChI is InChI=1S/C18H22N8O2S/c1-13(27)21-17-24-25-18(29(17,28-2)15-6-4-3-5-7-15)22-14-8-9-26(11-14)16-10-19-12-20-23-16/h3-7,10,12,14H,8-9,11H2,1-2H3,(H,22,25)(H,21,24,27)/t14-/m1/s1. The average molecular weight is 414 g/mol. The monoisotopic (exact) mass is 414 g/mol. The Bertz CT molecular complexity index is 939. The Balaban J connectivity index is 1.65. The molecule has 1 amide bonds. The fourth-order valence-electron chi connectivity index (χ4n) is 3.37. The molecule has 0 radical (unpaired) electrons. The molecular weight excluding hydrogens is 392 g/mol. The Kier molecular flexibility index (Phi) is 5.41. The van der Waals surface area contributed by atoms with E-state index in [9.17, 15) is 4.79 Å². The summed E-state index contributed by atoms with van der Waals surface area (Å²) in [7, 11) is -0.607. The number of amides is 1. The summed E-state index contributed by atoms with van der Waals surface area (Å²) < 4.78 is 6.03. The number of hydrogen-bond donors (Lipinski definition) is 2. The van der Waals surface area contributed by atoms with E-state index in [4.69, 9.17) is 9.18 Å². The van der Waals surface area contributed by atoms with Crippen molar-refractivity contribution in [3.8, 4) is 0 Å². The van der Waals surface area contributed by atoms with Crippen LogP contribution in [0.2, 0.25) is 0 Å². The molecule has 10 nitrogen and oxygen atoms in total. The van der Waals surface area contributed by atoms with E-state index in [1.807, 2.05) is 30.3 Å². The number of hydrazone groups is 1. The summed E-state index contributed by atoms with van der Waals surface area (Å²) in [5, 5.41) is 16.2. The zero-order chi connectivity index (χ0) is 20.3. The van der Waals surface area contributed by atoms with E-state index >= 15 is 0 Å². The van der Waals surface area contributed by atoms with Gasteiger partial charge in [0.2, 0.25) is 11.1 Å². The molecule has 1 saturated heterocycles. The molecular formula is C18H22N8O2S. The Morgan fingerprint density at radius 2 is 2.21 bits per heavy atom. The third-order valence-electron chi connectivity index (χ3n) is 4.66. The third kappa shape index (κ3) is 3.66. The smallest absolute Gasteiger partial charge is 0.222 e. The van der Waals surface area contributed by atoms with E-state index in [1.54, 1.807) is 13.3 Å². The van der Waals surface area contributed by atoms with Crippen molar-refractivity contribution >= 4 is 32.4 Å². The zero-order valence-electron chi connectivity index (χ0n) is 16.1. The van der Waals surface area contributed by atoms with Gasteiger partial charge in [-0.25, -0.2) is 4.98 Å².